The third-order valence-corrected chi connectivity index (χ3v) is 3.71. The average molecular weight is 316 g/mol. The Labute approximate surface area is 132 Å². The number of H-pyrrole nitrogens is 1. The summed E-state index contributed by atoms with van der Waals surface area (Å²) >= 11 is 0. The highest BCUT2D eigenvalue weighted by Crippen LogP contribution is 2.19. The van der Waals surface area contributed by atoms with Crippen molar-refractivity contribution in [2.75, 3.05) is 18.4 Å². The first-order chi connectivity index (χ1) is 11.0. The van der Waals surface area contributed by atoms with Gasteiger partial charge in [0.1, 0.15) is 12.0 Å². The second-order valence-electron chi connectivity index (χ2n) is 5.56. The molecule has 0 spiro atoms. The van der Waals surface area contributed by atoms with E-state index in [1.165, 1.54) is 11.0 Å². The Hall–Kier alpha value is -2.70. The molecule has 2 N–H and O–H groups in total. The van der Waals surface area contributed by atoms with Crippen LogP contribution in [0, 0.1) is 6.92 Å². The summed E-state index contributed by atoms with van der Waals surface area (Å²) < 4.78 is 13.1. The van der Waals surface area contributed by atoms with Gasteiger partial charge in [0.05, 0.1) is 12.2 Å². The number of amides is 2. The first-order valence-electron chi connectivity index (χ1n) is 7.39. The van der Waals surface area contributed by atoms with E-state index in [4.69, 9.17) is 0 Å². The Bertz CT molecular complexity index is 772. The Morgan fingerprint density at radius 3 is 2.74 bits per heavy atom. The summed E-state index contributed by atoms with van der Waals surface area (Å²) in [7, 11) is 0. The van der Waals surface area contributed by atoms with E-state index in [1.807, 2.05) is 0 Å². The van der Waals surface area contributed by atoms with Gasteiger partial charge in [-0.05, 0) is 25.5 Å². The summed E-state index contributed by atoms with van der Waals surface area (Å²) in [5.41, 5.74) is 1.76. The molecule has 1 saturated heterocycles. The maximum Gasteiger partial charge on any atom is 0.321 e. The summed E-state index contributed by atoms with van der Waals surface area (Å²) in [5, 5.41) is 2.74. The number of rotatable bonds is 2. The summed E-state index contributed by atoms with van der Waals surface area (Å²) in [4.78, 5) is 31.8. The molecule has 1 aliphatic rings. The minimum Gasteiger partial charge on any atom is -0.322 e. The third-order valence-electron chi connectivity index (χ3n) is 3.71. The third kappa shape index (κ3) is 3.56. The van der Waals surface area contributed by atoms with E-state index in [0.29, 0.717) is 30.2 Å². The molecule has 7 heteroatoms. The number of nitrogens with zero attached hydrogens (tertiary/aromatic N) is 2. The molecule has 2 heterocycles. The number of urea groups is 1. The van der Waals surface area contributed by atoms with Gasteiger partial charge in [-0.15, -0.1) is 0 Å². The second kappa shape index (κ2) is 6.20. The highest BCUT2D eigenvalue weighted by atomic mass is 19.1. The quantitative estimate of drug-likeness (QED) is 0.892. The number of likely N-dealkylation sites (tertiary alicyclic amines) is 1. The molecular weight excluding hydrogens is 299 g/mol. The number of benzene rings is 1. The molecule has 23 heavy (non-hydrogen) atoms. The topological polar surface area (TPSA) is 78.1 Å². The lowest BCUT2D eigenvalue weighted by atomic mass is 10.1. The van der Waals surface area contributed by atoms with Gasteiger partial charge in [-0.3, -0.25) is 4.79 Å². The molecule has 1 aromatic carbocycles. The number of anilines is 1. The zero-order valence-electron chi connectivity index (χ0n) is 12.7. The molecule has 0 aliphatic carbocycles. The van der Waals surface area contributed by atoms with Gasteiger partial charge < -0.3 is 15.2 Å². The average Bonchev–Trinajstić information content (AvgIpc) is 2.94. The van der Waals surface area contributed by atoms with Crippen LogP contribution in [0.4, 0.5) is 14.9 Å². The van der Waals surface area contributed by atoms with Crippen LogP contribution in [0.1, 0.15) is 12.2 Å². The first-order valence-corrected chi connectivity index (χ1v) is 7.39. The summed E-state index contributed by atoms with van der Waals surface area (Å²) in [5.74, 6) is 0.541. The van der Waals surface area contributed by atoms with E-state index in [-0.39, 0.29) is 18.1 Å². The van der Waals surface area contributed by atoms with Gasteiger partial charge in [0.25, 0.3) is 5.56 Å². The Kier molecular flexibility index (Phi) is 4.10. The van der Waals surface area contributed by atoms with E-state index < -0.39 is 6.17 Å². The fourth-order valence-electron chi connectivity index (χ4n) is 2.56. The number of hydrogen-bond donors (Lipinski definition) is 2. The molecule has 1 atom stereocenters. The molecule has 2 aromatic rings. The van der Waals surface area contributed by atoms with Gasteiger partial charge in [-0.25, -0.2) is 14.2 Å². The second-order valence-corrected chi connectivity index (χ2v) is 5.56. The molecule has 1 unspecified atom stereocenters. The largest absolute Gasteiger partial charge is 0.322 e. The molecule has 0 radical (unpaired) electrons. The van der Waals surface area contributed by atoms with Crippen molar-refractivity contribution < 1.29 is 9.18 Å². The van der Waals surface area contributed by atoms with Crippen LogP contribution in [-0.4, -0.2) is 40.2 Å². The number of carbonyl (C=O) groups excluding carboxylic acids is 1. The molecule has 1 fully saturated rings. The molecule has 0 bridgehead atoms. The number of aromatic amines is 1. The van der Waals surface area contributed by atoms with Gasteiger partial charge in [0, 0.05) is 23.9 Å². The molecular formula is C16H17FN4O2. The number of halogens is 1. The van der Waals surface area contributed by atoms with Crippen LogP contribution in [0.15, 0.2) is 35.1 Å². The normalized spacial score (nSPS) is 17.3. The molecule has 6 nitrogen and oxygen atoms in total. The standard InChI is InChI=1S/C16H17FN4O2/c1-10-18-14(8-15(22)19-10)11-2-4-13(5-3-11)20-16(23)21-7-6-12(17)9-21/h2-5,8,12H,6-7,9H2,1H3,(H,20,23)(H,18,19,22). The predicted octanol–water partition coefficient (Wildman–Crippen LogP) is 2.32. The van der Waals surface area contributed by atoms with E-state index in [2.05, 4.69) is 15.3 Å². The van der Waals surface area contributed by atoms with Crippen LogP contribution in [0.25, 0.3) is 11.3 Å². The Morgan fingerprint density at radius 2 is 2.13 bits per heavy atom. The van der Waals surface area contributed by atoms with Gasteiger partial charge in [-0.2, -0.15) is 0 Å². The maximum atomic E-state index is 13.1. The van der Waals surface area contributed by atoms with Crippen molar-refractivity contribution in [3.05, 3.63) is 46.5 Å². The smallest absolute Gasteiger partial charge is 0.321 e. The lowest BCUT2D eigenvalue weighted by molar-refractivity contribution is 0.218. The zero-order valence-corrected chi connectivity index (χ0v) is 12.7. The minimum absolute atomic E-state index is 0.139. The van der Waals surface area contributed by atoms with Crippen molar-refractivity contribution >= 4 is 11.7 Å². The first kappa shape index (κ1) is 15.2. The van der Waals surface area contributed by atoms with Crippen LogP contribution < -0.4 is 10.9 Å². The molecule has 2 amide bonds. The van der Waals surface area contributed by atoms with E-state index in [1.54, 1.807) is 31.2 Å². The monoisotopic (exact) mass is 316 g/mol. The van der Waals surface area contributed by atoms with Crippen LogP contribution in [0.5, 0.6) is 0 Å². The minimum atomic E-state index is -0.936. The highest BCUT2D eigenvalue weighted by molar-refractivity contribution is 5.89. The van der Waals surface area contributed by atoms with Crippen molar-refractivity contribution in [1.82, 2.24) is 14.9 Å². The molecule has 3 rings (SSSR count). The fraction of sp³-hybridized carbons (Fsp3) is 0.312. The number of nitrogens with one attached hydrogen (secondary N) is 2. The van der Waals surface area contributed by atoms with Crippen molar-refractivity contribution in [2.45, 2.75) is 19.5 Å². The summed E-state index contributed by atoms with van der Waals surface area (Å²) in [6.45, 7) is 2.29. The van der Waals surface area contributed by atoms with Crippen LogP contribution in [0.2, 0.25) is 0 Å². The highest BCUT2D eigenvalue weighted by Gasteiger charge is 2.25. The number of hydrogen-bond acceptors (Lipinski definition) is 3. The molecule has 120 valence electrons. The van der Waals surface area contributed by atoms with Crippen LogP contribution in [-0.2, 0) is 0 Å². The van der Waals surface area contributed by atoms with Gasteiger partial charge in [0.15, 0.2) is 0 Å². The van der Waals surface area contributed by atoms with Crippen molar-refractivity contribution in [2.24, 2.45) is 0 Å². The Morgan fingerprint density at radius 1 is 1.39 bits per heavy atom. The van der Waals surface area contributed by atoms with Crippen LogP contribution >= 0.6 is 0 Å². The number of aryl methyl sites for hydroxylation is 1. The number of carbonyl (C=O) groups is 1. The van der Waals surface area contributed by atoms with Gasteiger partial charge in [0.2, 0.25) is 0 Å². The van der Waals surface area contributed by atoms with Gasteiger partial charge >= 0.3 is 6.03 Å². The number of alkyl halides is 1. The summed E-state index contributed by atoms with van der Waals surface area (Å²) in [6, 6.07) is 8.13. The summed E-state index contributed by atoms with van der Waals surface area (Å²) in [6.07, 6.45) is -0.548. The fourth-order valence-corrected chi connectivity index (χ4v) is 2.56. The van der Waals surface area contributed by atoms with E-state index >= 15 is 0 Å². The lowest BCUT2D eigenvalue weighted by Crippen LogP contribution is -2.33. The molecule has 0 saturated carbocycles. The maximum absolute atomic E-state index is 13.1. The van der Waals surface area contributed by atoms with Gasteiger partial charge in [-0.1, -0.05) is 12.1 Å². The predicted molar refractivity (Wildman–Crippen MR) is 85.1 cm³/mol. The number of aromatic nitrogens is 2. The van der Waals surface area contributed by atoms with Crippen molar-refractivity contribution in [1.29, 1.82) is 0 Å². The lowest BCUT2D eigenvalue weighted by Gasteiger charge is -2.16. The van der Waals surface area contributed by atoms with Crippen molar-refractivity contribution in [3.8, 4) is 11.3 Å². The van der Waals surface area contributed by atoms with Crippen molar-refractivity contribution in [3.63, 3.8) is 0 Å². The van der Waals surface area contributed by atoms with E-state index in [0.717, 1.165) is 5.56 Å². The SMILES string of the molecule is Cc1nc(-c2ccc(NC(=O)N3CCC(F)C3)cc2)cc(=O)[nH]1. The Balaban J connectivity index is 1.72. The van der Waals surface area contributed by atoms with Crippen LogP contribution in [0.3, 0.4) is 0 Å². The van der Waals surface area contributed by atoms with E-state index in [9.17, 15) is 14.0 Å². The molecule has 1 aliphatic heterocycles. The molecule has 1 aromatic heterocycles. The zero-order chi connectivity index (χ0) is 16.4.